The molecule has 0 aliphatic rings. The maximum Gasteiger partial charge on any atom is 0.167 e. The predicted molar refractivity (Wildman–Crippen MR) is 56.1 cm³/mol. The van der Waals surface area contributed by atoms with Crippen LogP contribution in [0.3, 0.4) is 0 Å². The maximum absolute atomic E-state index is 13.3. The molecule has 3 nitrogen and oxygen atoms in total. The summed E-state index contributed by atoms with van der Waals surface area (Å²) in [4.78, 5) is 5.63. The Balaban J connectivity index is 2.74. The summed E-state index contributed by atoms with van der Waals surface area (Å²) in [5, 5.41) is 0.304. The standard InChI is InChI=1S/C9H13ClFN3/c1-14(4-2-3-12)9-8(11)5-7(10)6-13-9/h5-6H,2-4,12H2,1H3. The SMILES string of the molecule is CN(CCCN)c1ncc(Cl)cc1F. The van der Waals surface area contributed by atoms with E-state index in [4.69, 9.17) is 17.3 Å². The largest absolute Gasteiger partial charge is 0.357 e. The van der Waals surface area contributed by atoms with Gasteiger partial charge in [-0.3, -0.25) is 0 Å². The summed E-state index contributed by atoms with van der Waals surface area (Å²) in [6.45, 7) is 1.27. The van der Waals surface area contributed by atoms with Gasteiger partial charge in [-0.25, -0.2) is 9.37 Å². The van der Waals surface area contributed by atoms with Crippen LogP contribution in [0.2, 0.25) is 5.02 Å². The zero-order valence-electron chi connectivity index (χ0n) is 8.00. The molecule has 0 unspecified atom stereocenters. The number of aromatic nitrogens is 1. The fourth-order valence-corrected chi connectivity index (χ4v) is 1.27. The van der Waals surface area contributed by atoms with Crippen LogP contribution in [-0.2, 0) is 0 Å². The van der Waals surface area contributed by atoms with Crippen molar-refractivity contribution in [1.29, 1.82) is 0 Å². The van der Waals surface area contributed by atoms with Gasteiger partial charge >= 0.3 is 0 Å². The molecular formula is C9H13ClFN3. The van der Waals surface area contributed by atoms with Gasteiger partial charge in [0.05, 0.1) is 5.02 Å². The Morgan fingerprint density at radius 1 is 1.64 bits per heavy atom. The molecule has 2 N–H and O–H groups in total. The molecule has 0 saturated carbocycles. The molecule has 0 radical (unpaired) electrons. The van der Waals surface area contributed by atoms with Crippen LogP contribution in [0, 0.1) is 5.82 Å². The molecule has 1 aromatic heterocycles. The molecule has 0 spiro atoms. The van der Waals surface area contributed by atoms with E-state index in [-0.39, 0.29) is 0 Å². The van der Waals surface area contributed by atoms with Gasteiger partial charge in [-0.1, -0.05) is 11.6 Å². The van der Waals surface area contributed by atoms with E-state index in [2.05, 4.69) is 4.98 Å². The van der Waals surface area contributed by atoms with E-state index in [1.54, 1.807) is 11.9 Å². The number of nitrogens with two attached hydrogens (primary N) is 1. The first-order chi connectivity index (χ1) is 6.65. The van der Waals surface area contributed by atoms with E-state index in [0.29, 0.717) is 23.9 Å². The number of rotatable bonds is 4. The molecule has 0 bridgehead atoms. The predicted octanol–water partition coefficient (Wildman–Crippen LogP) is 1.66. The maximum atomic E-state index is 13.3. The minimum Gasteiger partial charge on any atom is -0.357 e. The van der Waals surface area contributed by atoms with Crippen LogP contribution in [0.4, 0.5) is 10.2 Å². The first-order valence-electron chi connectivity index (χ1n) is 4.37. The minimum absolute atomic E-state index is 0.304. The Kier molecular flexibility index (Phi) is 4.10. The average Bonchev–Trinajstić information content (AvgIpc) is 2.14. The van der Waals surface area contributed by atoms with Crippen molar-refractivity contribution >= 4 is 17.4 Å². The first-order valence-corrected chi connectivity index (χ1v) is 4.75. The third kappa shape index (κ3) is 2.82. The first kappa shape index (κ1) is 11.2. The highest BCUT2D eigenvalue weighted by Crippen LogP contribution is 2.18. The molecule has 0 aliphatic heterocycles. The Morgan fingerprint density at radius 3 is 2.93 bits per heavy atom. The fourth-order valence-electron chi connectivity index (χ4n) is 1.12. The molecule has 0 fully saturated rings. The molecule has 0 amide bonds. The van der Waals surface area contributed by atoms with E-state index in [1.807, 2.05) is 0 Å². The highest BCUT2D eigenvalue weighted by Gasteiger charge is 2.08. The lowest BCUT2D eigenvalue weighted by Crippen LogP contribution is -2.23. The summed E-state index contributed by atoms with van der Waals surface area (Å²) < 4.78 is 13.3. The number of anilines is 1. The van der Waals surface area contributed by atoms with E-state index in [1.165, 1.54) is 12.3 Å². The molecule has 78 valence electrons. The highest BCUT2D eigenvalue weighted by atomic mass is 35.5. The summed E-state index contributed by atoms with van der Waals surface area (Å²) in [5.74, 6) is -0.0973. The second-order valence-electron chi connectivity index (χ2n) is 3.02. The number of nitrogens with zero attached hydrogens (tertiary/aromatic N) is 2. The van der Waals surface area contributed by atoms with Crippen LogP contribution in [0.5, 0.6) is 0 Å². The molecule has 1 heterocycles. The number of hydrogen-bond acceptors (Lipinski definition) is 3. The van der Waals surface area contributed by atoms with Crippen LogP contribution in [0.15, 0.2) is 12.3 Å². The summed E-state index contributed by atoms with van der Waals surface area (Å²) >= 11 is 5.58. The Bertz CT molecular complexity index is 306. The normalized spacial score (nSPS) is 10.3. The third-order valence-electron chi connectivity index (χ3n) is 1.85. The summed E-state index contributed by atoms with van der Waals surface area (Å²) in [6.07, 6.45) is 2.24. The molecule has 0 aliphatic carbocycles. The van der Waals surface area contributed by atoms with Gasteiger partial charge in [-0.15, -0.1) is 0 Å². The van der Waals surface area contributed by atoms with Crippen molar-refractivity contribution in [2.75, 3.05) is 25.0 Å². The van der Waals surface area contributed by atoms with Crippen molar-refractivity contribution in [2.24, 2.45) is 5.73 Å². The zero-order chi connectivity index (χ0) is 10.6. The molecule has 1 rings (SSSR count). The quantitative estimate of drug-likeness (QED) is 0.834. The van der Waals surface area contributed by atoms with Crippen molar-refractivity contribution in [1.82, 2.24) is 4.98 Å². The van der Waals surface area contributed by atoms with Gasteiger partial charge in [0.1, 0.15) is 0 Å². The molecule has 0 aromatic carbocycles. The van der Waals surface area contributed by atoms with Gasteiger partial charge in [-0.2, -0.15) is 0 Å². The second kappa shape index (κ2) is 5.12. The third-order valence-corrected chi connectivity index (χ3v) is 2.05. The van der Waals surface area contributed by atoms with Crippen molar-refractivity contribution in [3.63, 3.8) is 0 Å². The Labute approximate surface area is 87.7 Å². The number of pyridine rings is 1. The van der Waals surface area contributed by atoms with Crippen LogP contribution >= 0.6 is 11.6 Å². The van der Waals surface area contributed by atoms with Crippen molar-refractivity contribution < 1.29 is 4.39 Å². The highest BCUT2D eigenvalue weighted by molar-refractivity contribution is 6.30. The van der Waals surface area contributed by atoms with E-state index in [9.17, 15) is 4.39 Å². The zero-order valence-corrected chi connectivity index (χ0v) is 8.76. The Hall–Kier alpha value is -0.870. The van der Waals surface area contributed by atoms with Gasteiger partial charge < -0.3 is 10.6 Å². The smallest absolute Gasteiger partial charge is 0.167 e. The molecule has 0 saturated heterocycles. The van der Waals surface area contributed by atoms with Crippen LogP contribution in [0.25, 0.3) is 0 Å². The summed E-state index contributed by atoms with van der Waals surface area (Å²) in [7, 11) is 1.77. The van der Waals surface area contributed by atoms with E-state index < -0.39 is 5.82 Å². The van der Waals surface area contributed by atoms with Crippen LogP contribution in [-0.4, -0.2) is 25.1 Å². The number of hydrogen-bond donors (Lipinski definition) is 1. The lowest BCUT2D eigenvalue weighted by Gasteiger charge is -2.17. The van der Waals surface area contributed by atoms with Crippen molar-refractivity contribution in [3.8, 4) is 0 Å². The average molecular weight is 218 g/mol. The molecular weight excluding hydrogens is 205 g/mol. The van der Waals surface area contributed by atoms with Crippen LogP contribution in [0.1, 0.15) is 6.42 Å². The van der Waals surface area contributed by atoms with Gasteiger partial charge in [-0.05, 0) is 19.0 Å². The topological polar surface area (TPSA) is 42.1 Å². The molecule has 14 heavy (non-hydrogen) atoms. The van der Waals surface area contributed by atoms with Gasteiger partial charge in [0.25, 0.3) is 0 Å². The monoisotopic (exact) mass is 217 g/mol. The van der Waals surface area contributed by atoms with Gasteiger partial charge in [0, 0.05) is 19.8 Å². The van der Waals surface area contributed by atoms with Crippen molar-refractivity contribution in [2.45, 2.75) is 6.42 Å². The molecule has 1 aromatic rings. The fraction of sp³-hybridized carbons (Fsp3) is 0.444. The molecule has 0 atom stereocenters. The molecule has 5 heteroatoms. The van der Waals surface area contributed by atoms with Gasteiger partial charge in [0.2, 0.25) is 0 Å². The lowest BCUT2D eigenvalue weighted by atomic mass is 10.3. The second-order valence-corrected chi connectivity index (χ2v) is 3.46. The van der Waals surface area contributed by atoms with Gasteiger partial charge in [0.15, 0.2) is 11.6 Å². The number of halogens is 2. The minimum atomic E-state index is -0.406. The van der Waals surface area contributed by atoms with E-state index >= 15 is 0 Å². The summed E-state index contributed by atoms with van der Waals surface area (Å²) in [6, 6.07) is 1.25. The Morgan fingerprint density at radius 2 is 2.36 bits per heavy atom. The van der Waals surface area contributed by atoms with E-state index in [0.717, 1.165) is 6.42 Å². The lowest BCUT2D eigenvalue weighted by molar-refractivity contribution is 0.613. The van der Waals surface area contributed by atoms with Crippen molar-refractivity contribution in [3.05, 3.63) is 23.1 Å². The summed E-state index contributed by atoms with van der Waals surface area (Å²) in [5.41, 5.74) is 5.36. The van der Waals surface area contributed by atoms with Crippen LogP contribution < -0.4 is 10.6 Å².